The summed E-state index contributed by atoms with van der Waals surface area (Å²) >= 11 is 0. The summed E-state index contributed by atoms with van der Waals surface area (Å²) in [5.74, 6) is -1.34. The van der Waals surface area contributed by atoms with Crippen molar-refractivity contribution in [1.29, 1.82) is 0 Å². The Balaban J connectivity index is 2.69. The SMILES string of the molecule is CC(C)CC(OC(=O)Nc1ccc(C(F)(F)F)cc1)C(=O)NCC(=O)OC(C)(C)C. The molecule has 168 valence electrons. The number of benzene rings is 1. The van der Waals surface area contributed by atoms with Crippen LogP contribution in [0.2, 0.25) is 0 Å². The molecule has 1 aromatic carbocycles. The summed E-state index contributed by atoms with van der Waals surface area (Å²) in [6, 6.07) is 3.78. The molecule has 0 bridgehead atoms. The number of hydrogen-bond acceptors (Lipinski definition) is 5. The summed E-state index contributed by atoms with van der Waals surface area (Å²) in [4.78, 5) is 36.2. The van der Waals surface area contributed by atoms with Crippen LogP contribution in [0.5, 0.6) is 0 Å². The van der Waals surface area contributed by atoms with E-state index in [0.29, 0.717) is 0 Å². The molecule has 1 unspecified atom stereocenters. The van der Waals surface area contributed by atoms with Crippen molar-refractivity contribution < 1.29 is 37.0 Å². The third kappa shape index (κ3) is 9.62. The van der Waals surface area contributed by atoms with Crippen molar-refractivity contribution in [2.24, 2.45) is 5.92 Å². The fourth-order valence-corrected chi connectivity index (χ4v) is 2.31. The van der Waals surface area contributed by atoms with E-state index < -0.39 is 48.0 Å². The van der Waals surface area contributed by atoms with E-state index in [1.165, 1.54) is 0 Å². The minimum absolute atomic E-state index is 0.0128. The molecule has 0 saturated heterocycles. The lowest BCUT2D eigenvalue weighted by Crippen LogP contribution is -2.42. The number of alkyl halides is 3. The normalized spacial score (nSPS) is 12.8. The van der Waals surface area contributed by atoms with E-state index in [4.69, 9.17) is 9.47 Å². The highest BCUT2D eigenvalue weighted by Crippen LogP contribution is 2.29. The highest BCUT2D eigenvalue weighted by atomic mass is 19.4. The maximum Gasteiger partial charge on any atom is 0.416 e. The lowest BCUT2D eigenvalue weighted by Gasteiger charge is -2.21. The second-order valence-electron chi connectivity index (χ2n) is 8.03. The van der Waals surface area contributed by atoms with Crippen LogP contribution in [0, 0.1) is 5.92 Å². The molecule has 0 aliphatic heterocycles. The number of anilines is 1. The van der Waals surface area contributed by atoms with Crippen molar-refractivity contribution in [1.82, 2.24) is 5.32 Å². The number of amides is 2. The highest BCUT2D eigenvalue weighted by Gasteiger charge is 2.30. The van der Waals surface area contributed by atoms with E-state index in [2.05, 4.69) is 10.6 Å². The van der Waals surface area contributed by atoms with Gasteiger partial charge in [0.05, 0.1) is 5.56 Å². The van der Waals surface area contributed by atoms with Gasteiger partial charge < -0.3 is 14.8 Å². The van der Waals surface area contributed by atoms with E-state index >= 15 is 0 Å². The zero-order valence-electron chi connectivity index (χ0n) is 17.6. The van der Waals surface area contributed by atoms with Crippen LogP contribution in [0.1, 0.15) is 46.6 Å². The van der Waals surface area contributed by atoms with Crippen LogP contribution in [0.3, 0.4) is 0 Å². The monoisotopic (exact) mass is 432 g/mol. The van der Waals surface area contributed by atoms with Crippen molar-refractivity contribution in [3.05, 3.63) is 29.8 Å². The van der Waals surface area contributed by atoms with Crippen molar-refractivity contribution in [2.75, 3.05) is 11.9 Å². The molecular weight excluding hydrogens is 405 g/mol. The summed E-state index contributed by atoms with van der Waals surface area (Å²) < 4.78 is 48.0. The number of carbonyl (C=O) groups excluding carboxylic acids is 3. The number of nitrogens with one attached hydrogen (secondary N) is 2. The quantitative estimate of drug-likeness (QED) is 0.632. The molecule has 0 aromatic heterocycles. The molecule has 0 fully saturated rings. The Labute approximate surface area is 173 Å². The van der Waals surface area contributed by atoms with Gasteiger partial charge in [-0.2, -0.15) is 13.2 Å². The van der Waals surface area contributed by atoms with Gasteiger partial charge >= 0.3 is 18.2 Å². The summed E-state index contributed by atoms with van der Waals surface area (Å²) in [7, 11) is 0. The van der Waals surface area contributed by atoms with Crippen LogP contribution in [0.4, 0.5) is 23.7 Å². The standard InChI is InChI=1S/C20H27F3N2O5/c1-12(2)10-15(17(27)24-11-16(26)30-19(3,4)5)29-18(28)25-14-8-6-13(7-9-14)20(21,22)23/h6-9,12,15H,10-11H2,1-5H3,(H,24,27)(H,25,28). The summed E-state index contributed by atoms with van der Waals surface area (Å²) in [6.45, 7) is 8.28. The first kappa shape index (κ1) is 25.3. The summed E-state index contributed by atoms with van der Waals surface area (Å²) in [6.07, 6.45) is -6.51. The number of carbonyl (C=O) groups is 3. The molecule has 0 radical (unpaired) electrons. The molecule has 0 heterocycles. The van der Waals surface area contributed by atoms with Gasteiger partial charge in [0.15, 0.2) is 6.10 Å². The third-order valence-electron chi connectivity index (χ3n) is 3.51. The van der Waals surface area contributed by atoms with E-state index in [1.54, 1.807) is 20.8 Å². The maximum atomic E-state index is 12.6. The highest BCUT2D eigenvalue weighted by molar-refractivity contribution is 5.90. The molecule has 10 heteroatoms. The number of ether oxygens (including phenoxy) is 2. The van der Waals surface area contributed by atoms with Crippen LogP contribution in [-0.2, 0) is 25.2 Å². The maximum absolute atomic E-state index is 12.6. The van der Waals surface area contributed by atoms with Gasteiger partial charge in [-0.1, -0.05) is 13.8 Å². The van der Waals surface area contributed by atoms with Crippen LogP contribution < -0.4 is 10.6 Å². The average Bonchev–Trinajstić information content (AvgIpc) is 2.56. The third-order valence-corrected chi connectivity index (χ3v) is 3.51. The number of halogens is 3. The average molecular weight is 432 g/mol. The predicted molar refractivity (Wildman–Crippen MR) is 104 cm³/mol. The predicted octanol–water partition coefficient (Wildman–Crippen LogP) is 4.13. The molecule has 7 nitrogen and oxygen atoms in total. The second kappa shape index (κ2) is 10.3. The first-order valence-electron chi connectivity index (χ1n) is 9.32. The second-order valence-corrected chi connectivity index (χ2v) is 8.03. The summed E-state index contributed by atoms with van der Waals surface area (Å²) in [5, 5.41) is 4.64. The van der Waals surface area contributed by atoms with Gasteiger partial charge in [-0.25, -0.2) is 4.79 Å². The van der Waals surface area contributed by atoms with Crippen LogP contribution in [0.15, 0.2) is 24.3 Å². The molecule has 1 aromatic rings. The molecular formula is C20H27F3N2O5. The Morgan fingerprint density at radius 3 is 2.07 bits per heavy atom. The first-order valence-corrected chi connectivity index (χ1v) is 9.32. The molecule has 0 spiro atoms. The Bertz CT molecular complexity index is 740. The van der Waals surface area contributed by atoms with Crippen LogP contribution in [-0.4, -0.2) is 36.2 Å². The van der Waals surface area contributed by atoms with E-state index in [1.807, 2.05) is 13.8 Å². The Morgan fingerprint density at radius 1 is 1.03 bits per heavy atom. The molecule has 2 amide bonds. The van der Waals surface area contributed by atoms with Gasteiger partial charge in [-0.05, 0) is 57.4 Å². The lowest BCUT2D eigenvalue weighted by atomic mass is 10.1. The van der Waals surface area contributed by atoms with Crippen molar-refractivity contribution in [3.8, 4) is 0 Å². The molecule has 1 rings (SSSR count). The molecule has 1 atom stereocenters. The van der Waals surface area contributed by atoms with E-state index in [-0.39, 0.29) is 18.0 Å². The van der Waals surface area contributed by atoms with Gasteiger partial charge in [-0.3, -0.25) is 14.9 Å². The van der Waals surface area contributed by atoms with Crippen molar-refractivity contribution >= 4 is 23.7 Å². The van der Waals surface area contributed by atoms with Crippen LogP contribution in [0.25, 0.3) is 0 Å². The molecule has 0 saturated carbocycles. The Kier molecular flexibility index (Phi) is 8.68. The lowest BCUT2D eigenvalue weighted by molar-refractivity contribution is -0.155. The van der Waals surface area contributed by atoms with Gasteiger partial charge in [0.1, 0.15) is 12.1 Å². The molecule has 2 N–H and O–H groups in total. The van der Waals surface area contributed by atoms with E-state index in [9.17, 15) is 27.6 Å². The summed E-state index contributed by atoms with van der Waals surface area (Å²) in [5.41, 5.74) is -1.50. The number of rotatable bonds is 7. The van der Waals surface area contributed by atoms with E-state index in [0.717, 1.165) is 24.3 Å². The van der Waals surface area contributed by atoms with Gasteiger partial charge in [0, 0.05) is 5.69 Å². The minimum atomic E-state index is -4.49. The Hall–Kier alpha value is -2.78. The van der Waals surface area contributed by atoms with Gasteiger partial charge in [-0.15, -0.1) is 0 Å². The van der Waals surface area contributed by atoms with Crippen LogP contribution >= 0.6 is 0 Å². The molecule has 0 aliphatic carbocycles. The van der Waals surface area contributed by atoms with Gasteiger partial charge in [0.2, 0.25) is 0 Å². The fourth-order valence-electron chi connectivity index (χ4n) is 2.31. The topological polar surface area (TPSA) is 93.7 Å². The first-order chi connectivity index (χ1) is 13.7. The molecule has 30 heavy (non-hydrogen) atoms. The van der Waals surface area contributed by atoms with Gasteiger partial charge in [0.25, 0.3) is 5.91 Å². The fraction of sp³-hybridized carbons (Fsp3) is 0.550. The Morgan fingerprint density at radius 2 is 1.60 bits per heavy atom. The minimum Gasteiger partial charge on any atom is -0.459 e. The van der Waals surface area contributed by atoms with Crippen molar-refractivity contribution in [2.45, 2.75) is 58.9 Å². The molecule has 0 aliphatic rings. The van der Waals surface area contributed by atoms with Crippen molar-refractivity contribution in [3.63, 3.8) is 0 Å². The zero-order valence-corrected chi connectivity index (χ0v) is 17.6. The smallest absolute Gasteiger partial charge is 0.416 e. The number of hydrogen-bond donors (Lipinski definition) is 2. The largest absolute Gasteiger partial charge is 0.459 e. The zero-order chi connectivity index (χ0) is 23.1. The number of esters is 1.